The monoisotopic (exact) mass is 341 g/mol. The summed E-state index contributed by atoms with van der Waals surface area (Å²) < 4.78 is 0. The van der Waals surface area contributed by atoms with E-state index < -0.39 is 0 Å². The van der Waals surface area contributed by atoms with E-state index in [1.807, 2.05) is 36.1 Å². The molecule has 2 rings (SSSR count). The molecule has 1 fully saturated rings. The van der Waals surface area contributed by atoms with Gasteiger partial charge in [-0.1, -0.05) is 11.6 Å². The Bertz CT molecular complexity index is 478. The Morgan fingerprint density at radius 2 is 2.18 bits per heavy atom. The topological polar surface area (TPSA) is 40.5 Å². The highest BCUT2D eigenvalue weighted by Gasteiger charge is 2.25. The quantitative estimate of drug-likeness (QED) is 0.631. The minimum atomic E-state index is -0.323. The van der Waals surface area contributed by atoms with E-state index in [0.29, 0.717) is 13.0 Å². The van der Waals surface area contributed by atoms with Gasteiger partial charge in [-0.2, -0.15) is 0 Å². The Hall–Kier alpha value is -0.710. The lowest BCUT2D eigenvalue weighted by atomic mass is 9.93. The first kappa shape index (κ1) is 17.6. The molecule has 1 aromatic rings. The van der Waals surface area contributed by atoms with Crippen LogP contribution in [-0.2, 0) is 4.79 Å². The number of rotatable bonds is 6. The van der Waals surface area contributed by atoms with Crippen LogP contribution < -0.4 is 0 Å². The zero-order valence-electron chi connectivity index (χ0n) is 13.0. The molecule has 1 N–H and O–H groups in total. The summed E-state index contributed by atoms with van der Waals surface area (Å²) in [7, 11) is 0. The van der Waals surface area contributed by atoms with Gasteiger partial charge in [0.25, 0.3) is 0 Å². The molecule has 0 saturated carbocycles. The van der Waals surface area contributed by atoms with Crippen LogP contribution in [0.3, 0.4) is 0 Å². The normalized spacial score (nSPS) is 20.0. The molecule has 0 spiro atoms. The molecule has 1 aliphatic heterocycles. The number of benzene rings is 1. The van der Waals surface area contributed by atoms with Crippen LogP contribution in [0.5, 0.6) is 0 Å². The van der Waals surface area contributed by atoms with E-state index in [0.717, 1.165) is 36.6 Å². The van der Waals surface area contributed by atoms with Crippen molar-refractivity contribution < 1.29 is 9.90 Å². The van der Waals surface area contributed by atoms with Gasteiger partial charge in [0.1, 0.15) is 0 Å². The number of aliphatic hydroxyl groups is 1. The van der Waals surface area contributed by atoms with Crippen molar-refractivity contribution in [3.05, 3.63) is 29.3 Å². The van der Waals surface area contributed by atoms with Crippen LogP contribution in [0.15, 0.2) is 29.2 Å². The summed E-state index contributed by atoms with van der Waals surface area (Å²) in [6.45, 7) is 3.37. The van der Waals surface area contributed by atoms with Crippen LogP contribution in [0.1, 0.15) is 32.6 Å². The van der Waals surface area contributed by atoms with E-state index in [1.54, 1.807) is 11.8 Å². The molecule has 1 amide bonds. The predicted molar refractivity (Wildman–Crippen MR) is 92.4 cm³/mol. The van der Waals surface area contributed by atoms with Crippen LogP contribution in [0.25, 0.3) is 0 Å². The highest BCUT2D eigenvalue weighted by Crippen LogP contribution is 2.23. The van der Waals surface area contributed by atoms with Gasteiger partial charge in [-0.05, 0) is 56.2 Å². The average molecular weight is 342 g/mol. The number of aliphatic hydroxyl groups excluding tert-OH is 1. The molecule has 3 nitrogen and oxygen atoms in total. The van der Waals surface area contributed by atoms with Gasteiger partial charge in [-0.3, -0.25) is 4.79 Å². The molecule has 1 aromatic carbocycles. The smallest absolute Gasteiger partial charge is 0.222 e. The Balaban J connectivity index is 1.68. The van der Waals surface area contributed by atoms with Crippen LogP contribution >= 0.6 is 23.4 Å². The second-order valence-electron chi connectivity index (χ2n) is 5.89. The fourth-order valence-corrected chi connectivity index (χ4v) is 3.71. The third-order valence-electron chi connectivity index (χ3n) is 4.11. The number of likely N-dealkylation sites (tertiary alicyclic amines) is 1. The van der Waals surface area contributed by atoms with Gasteiger partial charge >= 0.3 is 0 Å². The molecule has 1 saturated heterocycles. The largest absolute Gasteiger partial charge is 0.393 e. The van der Waals surface area contributed by atoms with Crippen molar-refractivity contribution >= 4 is 29.3 Å². The number of amides is 1. The first-order valence-corrected chi connectivity index (χ1v) is 9.27. The number of hydrogen-bond donors (Lipinski definition) is 1. The van der Waals surface area contributed by atoms with Crippen molar-refractivity contribution in [2.45, 2.75) is 43.6 Å². The first-order chi connectivity index (χ1) is 10.6. The van der Waals surface area contributed by atoms with E-state index in [1.165, 1.54) is 4.90 Å². The lowest BCUT2D eigenvalue weighted by Crippen LogP contribution is -2.42. The zero-order valence-corrected chi connectivity index (χ0v) is 14.6. The number of hydrogen-bond acceptors (Lipinski definition) is 3. The van der Waals surface area contributed by atoms with E-state index in [2.05, 4.69) is 0 Å². The van der Waals surface area contributed by atoms with E-state index >= 15 is 0 Å². The summed E-state index contributed by atoms with van der Waals surface area (Å²) >= 11 is 7.61. The molecule has 0 bridgehead atoms. The summed E-state index contributed by atoms with van der Waals surface area (Å²) in [4.78, 5) is 15.3. The maximum absolute atomic E-state index is 12.2. The van der Waals surface area contributed by atoms with Gasteiger partial charge in [0.05, 0.1) is 6.10 Å². The van der Waals surface area contributed by atoms with Gasteiger partial charge in [0, 0.05) is 35.3 Å². The molecule has 0 aromatic heterocycles. The lowest BCUT2D eigenvalue weighted by Gasteiger charge is -2.34. The number of nitrogens with zero attached hydrogens (tertiary/aromatic N) is 1. The predicted octanol–water partition coefficient (Wildman–Crippen LogP) is 3.83. The molecule has 2 atom stereocenters. The number of thioether (sulfide) groups is 1. The summed E-state index contributed by atoms with van der Waals surface area (Å²) in [6, 6.07) is 7.79. The molecule has 1 aliphatic rings. The van der Waals surface area contributed by atoms with E-state index in [9.17, 15) is 9.90 Å². The average Bonchev–Trinajstić information content (AvgIpc) is 2.53. The fraction of sp³-hybridized carbons (Fsp3) is 0.588. The summed E-state index contributed by atoms with van der Waals surface area (Å²) in [5.41, 5.74) is 0. The third kappa shape index (κ3) is 5.49. The summed E-state index contributed by atoms with van der Waals surface area (Å²) in [6.07, 6.45) is 3.17. The van der Waals surface area contributed by atoms with Crippen LogP contribution in [-0.4, -0.2) is 40.9 Å². The van der Waals surface area contributed by atoms with Crippen molar-refractivity contribution in [2.24, 2.45) is 5.92 Å². The summed E-state index contributed by atoms with van der Waals surface area (Å²) in [5, 5.41) is 10.4. The SMILES string of the molecule is CC(O)C1CCCN(C(=O)CCCSc2ccc(Cl)cc2)C1. The Morgan fingerprint density at radius 1 is 1.45 bits per heavy atom. The Morgan fingerprint density at radius 3 is 2.86 bits per heavy atom. The van der Waals surface area contributed by atoms with Crippen molar-refractivity contribution in [1.29, 1.82) is 0 Å². The maximum atomic E-state index is 12.2. The van der Waals surface area contributed by atoms with Gasteiger partial charge in [0.2, 0.25) is 5.91 Å². The number of halogens is 1. The zero-order chi connectivity index (χ0) is 15.9. The standard InChI is InChI=1S/C17H24ClNO2S/c1-13(20)14-4-2-10-19(12-14)17(21)5-3-11-22-16-8-6-15(18)7-9-16/h6-9,13-14,20H,2-5,10-12H2,1H3. The highest BCUT2D eigenvalue weighted by molar-refractivity contribution is 7.99. The van der Waals surface area contributed by atoms with Crippen molar-refractivity contribution in [3.8, 4) is 0 Å². The maximum Gasteiger partial charge on any atom is 0.222 e. The minimum Gasteiger partial charge on any atom is -0.393 e. The third-order valence-corrected chi connectivity index (χ3v) is 5.46. The lowest BCUT2D eigenvalue weighted by molar-refractivity contribution is -0.133. The van der Waals surface area contributed by atoms with Crippen LogP contribution in [0.2, 0.25) is 5.02 Å². The van der Waals surface area contributed by atoms with Crippen molar-refractivity contribution in [3.63, 3.8) is 0 Å². The first-order valence-electron chi connectivity index (χ1n) is 7.90. The van der Waals surface area contributed by atoms with E-state index in [4.69, 9.17) is 11.6 Å². The van der Waals surface area contributed by atoms with Gasteiger partial charge in [-0.15, -0.1) is 11.8 Å². The molecule has 0 aliphatic carbocycles. The summed E-state index contributed by atoms with van der Waals surface area (Å²) in [5.74, 6) is 1.39. The molecule has 22 heavy (non-hydrogen) atoms. The van der Waals surface area contributed by atoms with E-state index in [-0.39, 0.29) is 17.9 Å². The van der Waals surface area contributed by atoms with Gasteiger partial charge in [-0.25, -0.2) is 0 Å². The number of piperidine rings is 1. The fourth-order valence-electron chi connectivity index (χ4n) is 2.73. The second kappa shape index (κ2) is 8.80. The van der Waals surface area contributed by atoms with Crippen molar-refractivity contribution in [2.75, 3.05) is 18.8 Å². The molecule has 5 heteroatoms. The van der Waals surface area contributed by atoms with Gasteiger partial charge in [0.15, 0.2) is 0 Å². The Labute approximate surface area is 142 Å². The molecule has 0 radical (unpaired) electrons. The minimum absolute atomic E-state index is 0.224. The van der Waals surface area contributed by atoms with Crippen LogP contribution in [0.4, 0.5) is 0 Å². The second-order valence-corrected chi connectivity index (χ2v) is 7.49. The number of carbonyl (C=O) groups excluding carboxylic acids is 1. The van der Waals surface area contributed by atoms with Gasteiger partial charge < -0.3 is 10.0 Å². The molecular formula is C17H24ClNO2S. The van der Waals surface area contributed by atoms with Crippen molar-refractivity contribution in [1.82, 2.24) is 4.90 Å². The van der Waals surface area contributed by atoms with Crippen LogP contribution in [0, 0.1) is 5.92 Å². The molecular weight excluding hydrogens is 318 g/mol. The molecule has 122 valence electrons. The molecule has 1 heterocycles. The molecule has 2 unspecified atom stereocenters. The Kier molecular flexibility index (Phi) is 7.06. The number of carbonyl (C=O) groups is 1. The highest BCUT2D eigenvalue weighted by atomic mass is 35.5.